The Morgan fingerprint density at radius 2 is 2.50 bits per heavy atom. The quantitative estimate of drug-likeness (QED) is 0.589. The Labute approximate surface area is 76.9 Å². The van der Waals surface area contributed by atoms with Crippen LogP contribution in [0.2, 0.25) is 0 Å². The lowest BCUT2D eigenvalue weighted by atomic mass is 10.1. The summed E-state index contributed by atoms with van der Waals surface area (Å²) in [7, 11) is 1.93. The van der Waals surface area contributed by atoms with E-state index in [2.05, 4.69) is 5.32 Å². The molecular weight excluding hydrogens is 172 g/mol. The maximum atomic E-state index is 11.3. The molecule has 1 spiro atoms. The van der Waals surface area contributed by atoms with Gasteiger partial charge in [0.15, 0.2) is 0 Å². The molecule has 2 heterocycles. The molecule has 2 saturated heterocycles. The molecule has 2 aliphatic heterocycles. The highest BCUT2D eigenvalue weighted by atomic mass is 32.2. The fourth-order valence-corrected chi connectivity index (χ4v) is 3.26. The first-order valence-electron chi connectivity index (χ1n) is 4.36. The minimum atomic E-state index is 0.0926. The molecule has 2 aliphatic rings. The lowest BCUT2D eigenvalue weighted by molar-refractivity contribution is -0.128. The van der Waals surface area contributed by atoms with Crippen LogP contribution in [0.3, 0.4) is 0 Å². The van der Waals surface area contributed by atoms with Crippen LogP contribution >= 0.6 is 11.8 Å². The summed E-state index contributed by atoms with van der Waals surface area (Å²) in [5.41, 5.74) is 0. The molecule has 3 nitrogen and oxygen atoms in total. The van der Waals surface area contributed by atoms with Crippen LogP contribution in [0.1, 0.15) is 12.8 Å². The van der Waals surface area contributed by atoms with Gasteiger partial charge in [-0.15, -0.1) is 11.8 Å². The monoisotopic (exact) mass is 186 g/mol. The summed E-state index contributed by atoms with van der Waals surface area (Å²) in [5.74, 6) is 0.946. The van der Waals surface area contributed by atoms with Crippen molar-refractivity contribution in [2.45, 2.75) is 17.7 Å². The van der Waals surface area contributed by atoms with Gasteiger partial charge in [0.1, 0.15) is 4.87 Å². The van der Waals surface area contributed by atoms with Gasteiger partial charge in [0.2, 0.25) is 5.91 Å². The van der Waals surface area contributed by atoms with E-state index in [1.54, 1.807) is 11.8 Å². The number of carbonyl (C=O) groups is 1. The second-order valence-corrected chi connectivity index (χ2v) is 4.81. The molecule has 1 atom stereocenters. The zero-order valence-corrected chi connectivity index (χ0v) is 8.12. The van der Waals surface area contributed by atoms with Crippen LogP contribution in [0.15, 0.2) is 0 Å². The number of carbonyl (C=O) groups excluding carboxylic acids is 1. The number of thioether (sulfide) groups is 1. The van der Waals surface area contributed by atoms with E-state index in [-0.39, 0.29) is 10.8 Å². The fourth-order valence-electron chi connectivity index (χ4n) is 1.89. The molecule has 0 aromatic carbocycles. The number of likely N-dealkylation sites (N-methyl/N-ethyl adjacent to an activating group) is 1. The molecule has 0 aromatic rings. The zero-order valence-electron chi connectivity index (χ0n) is 7.30. The third-order valence-corrected chi connectivity index (χ3v) is 4.32. The average molecular weight is 186 g/mol. The largest absolute Gasteiger partial charge is 0.329 e. The molecule has 1 unspecified atom stereocenters. The summed E-state index contributed by atoms with van der Waals surface area (Å²) >= 11 is 1.80. The van der Waals surface area contributed by atoms with E-state index < -0.39 is 0 Å². The van der Waals surface area contributed by atoms with Gasteiger partial charge in [0.25, 0.3) is 0 Å². The highest BCUT2D eigenvalue weighted by molar-refractivity contribution is 8.01. The number of hydrogen-bond donors (Lipinski definition) is 1. The maximum Gasteiger partial charge on any atom is 0.233 e. The summed E-state index contributed by atoms with van der Waals surface area (Å²) in [5, 5.41) is 3.35. The number of piperidine rings is 1. The summed E-state index contributed by atoms with van der Waals surface area (Å²) < 4.78 is 0. The maximum absolute atomic E-state index is 11.3. The van der Waals surface area contributed by atoms with Crippen LogP contribution < -0.4 is 5.32 Å². The Hall–Kier alpha value is -0.220. The number of amides is 1. The van der Waals surface area contributed by atoms with Crippen molar-refractivity contribution in [2.75, 3.05) is 25.9 Å². The van der Waals surface area contributed by atoms with Gasteiger partial charge in [-0.2, -0.15) is 0 Å². The van der Waals surface area contributed by atoms with Crippen LogP contribution in [-0.4, -0.2) is 41.6 Å². The molecular formula is C8H14N2OS. The molecule has 12 heavy (non-hydrogen) atoms. The summed E-state index contributed by atoms with van der Waals surface area (Å²) in [6, 6.07) is 0. The number of hydrogen-bond acceptors (Lipinski definition) is 3. The van der Waals surface area contributed by atoms with Crippen molar-refractivity contribution >= 4 is 17.7 Å². The van der Waals surface area contributed by atoms with Crippen molar-refractivity contribution in [3.8, 4) is 0 Å². The summed E-state index contributed by atoms with van der Waals surface area (Å²) in [6.07, 6.45) is 2.33. The standard InChI is InChI=1S/C8H14N2OS/c1-10-7(11)5-12-8(10)3-2-4-9-6-8/h9H,2-6H2,1H3. The number of nitrogens with one attached hydrogen (secondary N) is 1. The first kappa shape index (κ1) is 8.38. The fraction of sp³-hybridized carbons (Fsp3) is 0.875. The Balaban J connectivity index is 2.14. The molecule has 1 amide bonds. The van der Waals surface area contributed by atoms with Gasteiger partial charge in [-0.3, -0.25) is 4.79 Å². The topological polar surface area (TPSA) is 32.3 Å². The molecule has 0 radical (unpaired) electrons. The molecule has 1 N–H and O–H groups in total. The lowest BCUT2D eigenvalue weighted by Crippen LogP contribution is -2.52. The third kappa shape index (κ3) is 1.13. The van der Waals surface area contributed by atoms with Crippen molar-refractivity contribution in [2.24, 2.45) is 0 Å². The first-order valence-corrected chi connectivity index (χ1v) is 5.34. The first-order chi connectivity index (χ1) is 5.75. The molecule has 0 aromatic heterocycles. The molecule has 0 aliphatic carbocycles. The van der Waals surface area contributed by atoms with Crippen LogP contribution in [0.4, 0.5) is 0 Å². The molecule has 0 saturated carbocycles. The van der Waals surface area contributed by atoms with E-state index in [4.69, 9.17) is 0 Å². The van der Waals surface area contributed by atoms with Gasteiger partial charge in [0, 0.05) is 13.6 Å². The minimum absolute atomic E-state index is 0.0926. The van der Waals surface area contributed by atoms with Crippen molar-refractivity contribution in [1.82, 2.24) is 10.2 Å². The van der Waals surface area contributed by atoms with E-state index in [1.165, 1.54) is 6.42 Å². The second kappa shape index (κ2) is 2.92. The summed E-state index contributed by atoms with van der Waals surface area (Å²) in [6.45, 7) is 2.06. The van der Waals surface area contributed by atoms with Gasteiger partial charge >= 0.3 is 0 Å². The van der Waals surface area contributed by atoms with Gasteiger partial charge in [-0.1, -0.05) is 0 Å². The molecule has 2 fully saturated rings. The Morgan fingerprint density at radius 1 is 1.67 bits per heavy atom. The zero-order chi connectivity index (χ0) is 8.60. The van der Waals surface area contributed by atoms with Crippen LogP contribution in [0, 0.1) is 0 Å². The van der Waals surface area contributed by atoms with Crippen molar-refractivity contribution < 1.29 is 4.79 Å². The molecule has 0 bridgehead atoms. The van der Waals surface area contributed by atoms with E-state index >= 15 is 0 Å². The lowest BCUT2D eigenvalue weighted by Gasteiger charge is -2.38. The third-order valence-electron chi connectivity index (χ3n) is 2.77. The van der Waals surface area contributed by atoms with E-state index in [0.29, 0.717) is 5.75 Å². The predicted octanol–water partition coefficient (Wildman–Crippen LogP) is 0.271. The van der Waals surface area contributed by atoms with Crippen LogP contribution in [0.25, 0.3) is 0 Å². The normalized spacial score (nSPS) is 36.4. The number of nitrogens with zero attached hydrogens (tertiary/aromatic N) is 1. The van der Waals surface area contributed by atoms with Crippen molar-refractivity contribution in [3.05, 3.63) is 0 Å². The van der Waals surface area contributed by atoms with Crippen LogP contribution in [-0.2, 0) is 4.79 Å². The smallest absolute Gasteiger partial charge is 0.233 e. The van der Waals surface area contributed by atoms with E-state index in [0.717, 1.165) is 19.5 Å². The summed E-state index contributed by atoms with van der Waals surface area (Å²) in [4.78, 5) is 13.3. The average Bonchev–Trinajstić information content (AvgIpc) is 2.37. The van der Waals surface area contributed by atoms with E-state index in [1.807, 2.05) is 11.9 Å². The Bertz CT molecular complexity index is 201. The van der Waals surface area contributed by atoms with Crippen LogP contribution in [0.5, 0.6) is 0 Å². The predicted molar refractivity (Wildman–Crippen MR) is 50.1 cm³/mol. The van der Waals surface area contributed by atoms with Crippen molar-refractivity contribution in [3.63, 3.8) is 0 Å². The second-order valence-electron chi connectivity index (χ2n) is 3.47. The Kier molecular flexibility index (Phi) is 2.04. The molecule has 2 rings (SSSR count). The van der Waals surface area contributed by atoms with Gasteiger partial charge in [0.05, 0.1) is 5.75 Å². The van der Waals surface area contributed by atoms with Gasteiger partial charge in [-0.25, -0.2) is 0 Å². The Morgan fingerprint density at radius 3 is 3.00 bits per heavy atom. The highest BCUT2D eigenvalue weighted by Crippen LogP contribution is 2.39. The SMILES string of the molecule is CN1C(=O)CSC12CCCNC2. The van der Waals surface area contributed by atoms with Gasteiger partial charge < -0.3 is 10.2 Å². The minimum Gasteiger partial charge on any atom is -0.329 e. The molecule has 68 valence electrons. The highest BCUT2D eigenvalue weighted by Gasteiger charge is 2.44. The van der Waals surface area contributed by atoms with Crippen molar-refractivity contribution in [1.29, 1.82) is 0 Å². The molecule has 4 heteroatoms. The number of rotatable bonds is 0. The van der Waals surface area contributed by atoms with Gasteiger partial charge in [-0.05, 0) is 19.4 Å². The van der Waals surface area contributed by atoms with E-state index in [9.17, 15) is 4.79 Å².